The molecule has 1 N–H and O–H groups in total. The number of hydrogen-bond acceptors (Lipinski definition) is 3. The van der Waals surface area contributed by atoms with Crippen molar-refractivity contribution < 1.29 is 14.6 Å². The van der Waals surface area contributed by atoms with Gasteiger partial charge in [0.1, 0.15) is 0 Å². The van der Waals surface area contributed by atoms with Crippen LogP contribution in [0, 0.1) is 5.92 Å². The summed E-state index contributed by atoms with van der Waals surface area (Å²) < 4.78 is 4.62. The fourth-order valence-electron chi connectivity index (χ4n) is 1.44. The van der Waals surface area contributed by atoms with Crippen molar-refractivity contribution in [3.05, 3.63) is 34.9 Å². The Kier molecular flexibility index (Phi) is 3.94. The maximum absolute atomic E-state index is 11.4. The van der Waals surface area contributed by atoms with E-state index in [1.165, 1.54) is 7.11 Å². The van der Waals surface area contributed by atoms with Crippen LogP contribution in [0.1, 0.15) is 19.4 Å². The largest absolute Gasteiger partial charge is 0.469 e. The lowest BCUT2D eigenvalue weighted by Gasteiger charge is -2.28. The first-order valence-corrected chi connectivity index (χ1v) is 5.33. The average molecular weight is 243 g/mol. The van der Waals surface area contributed by atoms with E-state index in [0.717, 1.165) is 0 Å². The molecule has 0 heterocycles. The summed E-state index contributed by atoms with van der Waals surface area (Å²) in [7, 11) is 1.30. The van der Waals surface area contributed by atoms with Gasteiger partial charge in [0.05, 0.1) is 18.6 Å². The Morgan fingerprint density at radius 3 is 2.38 bits per heavy atom. The Bertz CT molecular complexity index is 370. The van der Waals surface area contributed by atoms with Gasteiger partial charge in [0.25, 0.3) is 0 Å². The lowest BCUT2D eigenvalue weighted by Crippen LogP contribution is -2.35. The molecule has 0 spiro atoms. The van der Waals surface area contributed by atoms with E-state index < -0.39 is 17.5 Å². The zero-order valence-electron chi connectivity index (χ0n) is 9.53. The molecular weight excluding hydrogens is 228 g/mol. The van der Waals surface area contributed by atoms with Crippen LogP contribution in [0.3, 0.4) is 0 Å². The first-order valence-electron chi connectivity index (χ1n) is 4.96. The van der Waals surface area contributed by atoms with Gasteiger partial charge in [-0.1, -0.05) is 23.7 Å². The van der Waals surface area contributed by atoms with Crippen LogP contribution in [0.2, 0.25) is 5.02 Å². The maximum Gasteiger partial charge on any atom is 0.311 e. The van der Waals surface area contributed by atoms with Crippen molar-refractivity contribution in [1.29, 1.82) is 0 Å². The van der Waals surface area contributed by atoms with Gasteiger partial charge in [-0.05, 0) is 31.5 Å². The highest BCUT2D eigenvalue weighted by Gasteiger charge is 2.36. The minimum atomic E-state index is -1.27. The molecule has 4 heteroatoms. The van der Waals surface area contributed by atoms with Crippen molar-refractivity contribution in [2.75, 3.05) is 7.11 Å². The topological polar surface area (TPSA) is 46.5 Å². The number of esters is 1. The summed E-state index contributed by atoms with van der Waals surface area (Å²) in [4.78, 5) is 11.4. The van der Waals surface area contributed by atoms with Gasteiger partial charge in [0.2, 0.25) is 0 Å². The van der Waals surface area contributed by atoms with Crippen LogP contribution in [0.5, 0.6) is 0 Å². The van der Waals surface area contributed by atoms with E-state index in [1.54, 1.807) is 38.1 Å². The van der Waals surface area contributed by atoms with Crippen molar-refractivity contribution in [2.45, 2.75) is 19.4 Å². The number of rotatable bonds is 3. The molecule has 0 aromatic heterocycles. The Hall–Kier alpha value is -1.06. The molecule has 0 unspecified atom stereocenters. The third-order valence-electron chi connectivity index (χ3n) is 2.83. The van der Waals surface area contributed by atoms with Gasteiger partial charge in [0.15, 0.2) is 0 Å². The molecule has 0 saturated heterocycles. The van der Waals surface area contributed by atoms with Gasteiger partial charge in [0, 0.05) is 5.02 Å². The van der Waals surface area contributed by atoms with Gasteiger partial charge in [-0.2, -0.15) is 0 Å². The van der Waals surface area contributed by atoms with Crippen molar-refractivity contribution in [3.63, 3.8) is 0 Å². The minimum Gasteiger partial charge on any atom is -0.469 e. The average Bonchev–Trinajstić information content (AvgIpc) is 2.27. The number of aliphatic hydroxyl groups is 1. The maximum atomic E-state index is 11.4. The molecule has 1 aromatic carbocycles. The zero-order chi connectivity index (χ0) is 12.3. The summed E-state index contributed by atoms with van der Waals surface area (Å²) >= 11 is 5.76. The highest BCUT2D eigenvalue weighted by atomic mass is 35.5. The minimum absolute atomic E-state index is 0.444. The standard InChI is InChI=1S/C12H15ClO3/c1-8(11(14)16-3)12(2,15)9-4-6-10(13)7-5-9/h4-8,15H,1-3H3/t8-,12+/m1/s1. The molecule has 0 aliphatic rings. The quantitative estimate of drug-likeness (QED) is 0.828. The SMILES string of the molecule is COC(=O)[C@@H](C)[C@](C)(O)c1ccc(Cl)cc1. The molecule has 0 bridgehead atoms. The van der Waals surface area contributed by atoms with Gasteiger partial charge < -0.3 is 9.84 Å². The van der Waals surface area contributed by atoms with Crippen molar-refractivity contribution >= 4 is 17.6 Å². The molecule has 16 heavy (non-hydrogen) atoms. The van der Waals surface area contributed by atoms with Crippen molar-refractivity contribution in [3.8, 4) is 0 Å². The fourth-order valence-corrected chi connectivity index (χ4v) is 1.57. The zero-order valence-corrected chi connectivity index (χ0v) is 10.3. The van der Waals surface area contributed by atoms with Crippen LogP contribution in [0.15, 0.2) is 24.3 Å². The number of carbonyl (C=O) groups is 1. The van der Waals surface area contributed by atoms with Gasteiger partial charge in [-0.25, -0.2) is 0 Å². The number of methoxy groups -OCH3 is 1. The van der Waals surface area contributed by atoms with Crippen molar-refractivity contribution in [2.24, 2.45) is 5.92 Å². The molecule has 0 aliphatic heterocycles. The smallest absolute Gasteiger partial charge is 0.311 e. The van der Waals surface area contributed by atoms with Crippen LogP contribution in [0.4, 0.5) is 0 Å². The molecular formula is C12H15ClO3. The van der Waals surface area contributed by atoms with Crippen LogP contribution in [0.25, 0.3) is 0 Å². The Labute approximate surface area is 100.0 Å². The summed E-state index contributed by atoms with van der Waals surface area (Å²) in [6.07, 6.45) is 0. The Morgan fingerprint density at radius 1 is 1.44 bits per heavy atom. The number of carbonyl (C=O) groups excluding carboxylic acids is 1. The molecule has 2 atom stereocenters. The fraction of sp³-hybridized carbons (Fsp3) is 0.417. The molecule has 0 amide bonds. The predicted octanol–water partition coefficient (Wildman–Crippen LogP) is 2.36. The van der Waals surface area contributed by atoms with Gasteiger partial charge in [-0.15, -0.1) is 0 Å². The molecule has 0 fully saturated rings. The van der Waals surface area contributed by atoms with Crippen LogP contribution >= 0.6 is 11.6 Å². The first kappa shape index (κ1) is 13.0. The second kappa shape index (κ2) is 4.85. The highest BCUT2D eigenvalue weighted by Crippen LogP contribution is 2.30. The third-order valence-corrected chi connectivity index (χ3v) is 3.08. The summed E-state index contributed by atoms with van der Waals surface area (Å²) in [6, 6.07) is 6.74. The second-order valence-corrected chi connectivity index (χ2v) is 4.34. The second-order valence-electron chi connectivity index (χ2n) is 3.90. The van der Waals surface area contributed by atoms with E-state index in [2.05, 4.69) is 4.74 Å². The number of halogens is 1. The van der Waals surface area contributed by atoms with E-state index >= 15 is 0 Å². The monoisotopic (exact) mass is 242 g/mol. The highest BCUT2D eigenvalue weighted by molar-refractivity contribution is 6.30. The summed E-state index contributed by atoms with van der Waals surface area (Å²) in [6.45, 7) is 3.21. The Balaban J connectivity index is 3.01. The number of ether oxygens (including phenoxy) is 1. The van der Waals surface area contributed by atoms with Crippen LogP contribution < -0.4 is 0 Å². The summed E-state index contributed by atoms with van der Waals surface area (Å²) in [5.74, 6) is -1.08. The van der Waals surface area contributed by atoms with Crippen LogP contribution in [-0.2, 0) is 15.1 Å². The molecule has 0 aliphatic carbocycles. The lowest BCUT2D eigenvalue weighted by molar-refractivity contribution is -0.154. The van der Waals surface area contributed by atoms with E-state index in [0.29, 0.717) is 10.6 Å². The third kappa shape index (κ3) is 2.54. The number of benzene rings is 1. The van der Waals surface area contributed by atoms with E-state index in [9.17, 15) is 9.90 Å². The van der Waals surface area contributed by atoms with Gasteiger partial charge >= 0.3 is 5.97 Å². The molecule has 0 radical (unpaired) electrons. The van der Waals surface area contributed by atoms with E-state index in [1.807, 2.05) is 0 Å². The van der Waals surface area contributed by atoms with E-state index in [-0.39, 0.29) is 0 Å². The first-order chi connectivity index (χ1) is 7.39. The normalized spacial score (nSPS) is 16.3. The Morgan fingerprint density at radius 2 is 1.94 bits per heavy atom. The van der Waals surface area contributed by atoms with E-state index in [4.69, 9.17) is 11.6 Å². The van der Waals surface area contributed by atoms with Crippen molar-refractivity contribution in [1.82, 2.24) is 0 Å². The molecule has 88 valence electrons. The predicted molar refractivity (Wildman–Crippen MR) is 62.2 cm³/mol. The molecule has 1 aromatic rings. The summed E-state index contributed by atoms with van der Waals surface area (Å²) in [5.41, 5.74) is -0.632. The molecule has 0 saturated carbocycles. The lowest BCUT2D eigenvalue weighted by atomic mass is 9.84. The molecule has 3 nitrogen and oxygen atoms in total. The van der Waals surface area contributed by atoms with Gasteiger partial charge in [-0.3, -0.25) is 4.79 Å². The molecule has 1 rings (SSSR count). The summed E-state index contributed by atoms with van der Waals surface area (Å²) in [5, 5.41) is 10.9. The number of hydrogen-bond donors (Lipinski definition) is 1. The van der Waals surface area contributed by atoms with Crippen LogP contribution in [-0.4, -0.2) is 18.2 Å².